The van der Waals surface area contributed by atoms with Crippen molar-refractivity contribution in [1.29, 1.82) is 0 Å². The number of halogens is 1. The standard InChI is InChI=1S/C20H16ClN3O5/c21-14-7-3-1-5-11(14)20(26)23-22-10-13-18-12-6-2-4-8-16(12)29-17(18)9-15(19(13)25)24(27)28/h1,3,5,7,9-10,25H,2,4,6,8H2,(H,23,26). The first-order chi connectivity index (χ1) is 14.0. The van der Waals surface area contributed by atoms with E-state index in [1.54, 1.807) is 24.3 Å². The van der Waals surface area contributed by atoms with Crippen LogP contribution in [0.2, 0.25) is 5.02 Å². The molecule has 0 saturated carbocycles. The second-order valence-corrected chi connectivity index (χ2v) is 7.09. The summed E-state index contributed by atoms with van der Waals surface area (Å²) in [7, 11) is 0. The molecule has 2 aromatic carbocycles. The van der Waals surface area contributed by atoms with Crippen molar-refractivity contribution < 1.29 is 19.2 Å². The van der Waals surface area contributed by atoms with E-state index in [9.17, 15) is 20.0 Å². The Morgan fingerprint density at radius 1 is 1.31 bits per heavy atom. The average molecular weight is 414 g/mol. The molecule has 9 heteroatoms. The van der Waals surface area contributed by atoms with Crippen molar-refractivity contribution in [3.63, 3.8) is 0 Å². The van der Waals surface area contributed by atoms with E-state index in [1.807, 2.05) is 0 Å². The summed E-state index contributed by atoms with van der Waals surface area (Å²) in [4.78, 5) is 22.9. The number of hydrazone groups is 1. The summed E-state index contributed by atoms with van der Waals surface area (Å²) >= 11 is 6.00. The van der Waals surface area contributed by atoms with E-state index in [-0.39, 0.29) is 16.1 Å². The van der Waals surface area contributed by atoms with Gasteiger partial charge in [-0.05, 0) is 31.4 Å². The first-order valence-electron chi connectivity index (χ1n) is 9.00. The Hall–Kier alpha value is -3.39. The van der Waals surface area contributed by atoms with E-state index in [0.29, 0.717) is 11.0 Å². The van der Waals surface area contributed by atoms with Crippen molar-refractivity contribution in [3.05, 3.63) is 67.9 Å². The van der Waals surface area contributed by atoms with E-state index in [2.05, 4.69) is 10.5 Å². The van der Waals surface area contributed by atoms with Gasteiger partial charge in [0.2, 0.25) is 5.75 Å². The van der Waals surface area contributed by atoms with Crippen LogP contribution in [0.25, 0.3) is 11.0 Å². The number of fused-ring (bicyclic) bond motifs is 3. The highest BCUT2D eigenvalue weighted by Crippen LogP contribution is 2.41. The lowest BCUT2D eigenvalue weighted by molar-refractivity contribution is -0.385. The fraction of sp³-hybridized carbons (Fsp3) is 0.200. The van der Waals surface area contributed by atoms with Crippen molar-refractivity contribution in [2.75, 3.05) is 0 Å². The zero-order valence-electron chi connectivity index (χ0n) is 15.1. The molecule has 1 amide bonds. The number of benzene rings is 2. The van der Waals surface area contributed by atoms with Crippen LogP contribution in [0.1, 0.15) is 40.1 Å². The van der Waals surface area contributed by atoms with Gasteiger partial charge >= 0.3 is 5.69 Å². The van der Waals surface area contributed by atoms with Gasteiger partial charge in [0.05, 0.1) is 33.4 Å². The van der Waals surface area contributed by atoms with Crippen LogP contribution in [0.5, 0.6) is 5.75 Å². The molecule has 0 saturated heterocycles. The van der Waals surface area contributed by atoms with Gasteiger partial charge < -0.3 is 9.52 Å². The van der Waals surface area contributed by atoms with Crippen LogP contribution in [0, 0.1) is 10.1 Å². The number of rotatable bonds is 4. The number of phenolic OH excluding ortho intramolecular Hbond substituents is 1. The number of hydrogen-bond acceptors (Lipinski definition) is 6. The molecular weight excluding hydrogens is 398 g/mol. The fourth-order valence-corrected chi connectivity index (χ4v) is 3.78. The van der Waals surface area contributed by atoms with Crippen LogP contribution in [0.4, 0.5) is 5.69 Å². The third-order valence-electron chi connectivity index (χ3n) is 4.91. The van der Waals surface area contributed by atoms with Crippen LogP contribution < -0.4 is 5.43 Å². The maximum atomic E-state index is 12.3. The van der Waals surface area contributed by atoms with Crippen LogP contribution in [-0.2, 0) is 12.8 Å². The molecule has 1 aliphatic rings. The van der Waals surface area contributed by atoms with Crippen LogP contribution in [-0.4, -0.2) is 22.2 Å². The molecule has 148 valence electrons. The van der Waals surface area contributed by atoms with Crippen molar-refractivity contribution in [3.8, 4) is 5.75 Å². The molecule has 0 atom stereocenters. The largest absolute Gasteiger partial charge is 0.502 e. The Balaban J connectivity index is 1.75. The molecule has 8 nitrogen and oxygen atoms in total. The fourth-order valence-electron chi connectivity index (χ4n) is 3.56. The summed E-state index contributed by atoms with van der Waals surface area (Å²) in [5.41, 5.74) is 3.46. The number of nitrogens with one attached hydrogen (secondary N) is 1. The van der Waals surface area contributed by atoms with Crippen LogP contribution >= 0.6 is 11.6 Å². The number of nitro benzene ring substituents is 1. The molecular formula is C20H16ClN3O5. The summed E-state index contributed by atoms with van der Waals surface area (Å²) in [6.07, 6.45) is 4.60. The van der Waals surface area contributed by atoms with Gasteiger partial charge in [0.1, 0.15) is 11.3 Å². The number of amides is 1. The van der Waals surface area contributed by atoms with Gasteiger partial charge in [0.15, 0.2) is 0 Å². The third kappa shape index (κ3) is 3.42. The van der Waals surface area contributed by atoms with Gasteiger partial charge in [0, 0.05) is 17.4 Å². The van der Waals surface area contributed by atoms with Gasteiger partial charge in [-0.25, -0.2) is 5.43 Å². The molecule has 1 aromatic heterocycles. The Bertz CT molecular complexity index is 1170. The highest BCUT2D eigenvalue weighted by atomic mass is 35.5. The quantitative estimate of drug-likeness (QED) is 0.374. The topological polar surface area (TPSA) is 118 Å². The number of carbonyl (C=O) groups is 1. The predicted octanol–water partition coefficient (Wildman–Crippen LogP) is 4.34. The second-order valence-electron chi connectivity index (χ2n) is 6.68. The number of carbonyl (C=O) groups excluding carboxylic acids is 1. The van der Waals surface area contributed by atoms with E-state index in [0.717, 1.165) is 37.0 Å². The van der Waals surface area contributed by atoms with Crippen molar-refractivity contribution >= 4 is 40.4 Å². The first-order valence-corrected chi connectivity index (χ1v) is 9.37. The van der Waals surface area contributed by atoms with Gasteiger partial charge in [0.25, 0.3) is 5.91 Å². The van der Waals surface area contributed by atoms with E-state index in [1.165, 1.54) is 12.3 Å². The predicted molar refractivity (Wildman–Crippen MR) is 108 cm³/mol. The number of nitro groups is 1. The highest BCUT2D eigenvalue weighted by molar-refractivity contribution is 6.33. The van der Waals surface area contributed by atoms with E-state index >= 15 is 0 Å². The minimum absolute atomic E-state index is 0.139. The molecule has 0 aliphatic heterocycles. The molecule has 0 fully saturated rings. The lowest BCUT2D eigenvalue weighted by Gasteiger charge is -2.10. The zero-order valence-corrected chi connectivity index (χ0v) is 15.9. The molecule has 4 rings (SSSR count). The number of nitrogens with zero attached hydrogens (tertiary/aromatic N) is 2. The third-order valence-corrected chi connectivity index (χ3v) is 5.24. The molecule has 29 heavy (non-hydrogen) atoms. The monoisotopic (exact) mass is 413 g/mol. The minimum atomic E-state index is -0.685. The Morgan fingerprint density at radius 2 is 2.07 bits per heavy atom. The number of phenols is 1. The highest BCUT2D eigenvalue weighted by Gasteiger charge is 2.27. The second kappa shape index (κ2) is 7.56. The van der Waals surface area contributed by atoms with Gasteiger partial charge in [-0.3, -0.25) is 14.9 Å². The molecule has 0 unspecified atom stereocenters. The summed E-state index contributed by atoms with van der Waals surface area (Å²) in [6, 6.07) is 7.71. The maximum absolute atomic E-state index is 12.3. The molecule has 0 spiro atoms. The molecule has 0 radical (unpaired) electrons. The average Bonchev–Trinajstić information content (AvgIpc) is 3.07. The lowest BCUT2D eigenvalue weighted by Crippen LogP contribution is -2.18. The Labute approximate surface area is 169 Å². The number of hydrogen-bond donors (Lipinski definition) is 2. The maximum Gasteiger partial charge on any atom is 0.315 e. The van der Waals surface area contributed by atoms with Crippen molar-refractivity contribution in [2.45, 2.75) is 25.7 Å². The summed E-state index contributed by atoms with van der Waals surface area (Å²) in [5, 5.41) is 26.6. The molecule has 2 N–H and O–H groups in total. The van der Waals surface area contributed by atoms with E-state index < -0.39 is 22.3 Å². The normalized spacial score (nSPS) is 13.6. The summed E-state index contributed by atoms with van der Waals surface area (Å²) < 4.78 is 5.81. The van der Waals surface area contributed by atoms with E-state index in [4.69, 9.17) is 16.0 Å². The van der Waals surface area contributed by atoms with Crippen molar-refractivity contribution in [1.82, 2.24) is 5.43 Å². The summed E-state index contributed by atoms with van der Waals surface area (Å²) in [6.45, 7) is 0. The SMILES string of the molecule is O=C(NN=Cc1c(O)c([N+](=O)[O-])cc2oc3c(c12)CCCC3)c1ccccc1Cl. The summed E-state index contributed by atoms with van der Waals surface area (Å²) in [5.74, 6) is -0.296. The number of aromatic hydroxyl groups is 1. The molecule has 0 bridgehead atoms. The molecule has 3 aromatic rings. The van der Waals surface area contributed by atoms with Crippen LogP contribution in [0.3, 0.4) is 0 Å². The zero-order chi connectivity index (χ0) is 20.5. The molecule has 1 heterocycles. The first kappa shape index (κ1) is 18.9. The van der Waals surface area contributed by atoms with Crippen molar-refractivity contribution in [2.24, 2.45) is 5.10 Å². The number of furan rings is 1. The van der Waals surface area contributed by atoms with Gasteiger partial charge in [-0.2, -0.15) is 5.10 Å². The molecule has 1 aliphatic carbocycles. The van der Waals surface area contributed by atoms with Crippen LogP contribution in [0.15, 0.2) is 39.9 Å². The van der Waals surface area contributed by atoms with Gasteiger partial charge in [-0.15, -0.1) is 0 Å². The Morgan fingerprint density at radius 3 is 2.83 bits per heavy atom. The minimum Gasteiger partial charge on any atom is -0.502 e. The number of aryl methyl sites for hydroxylation is 2. The van der Waals surface area contributed by atoms with Gasteiger partial charge in [-0.1, -0.05) is 23.7 Å². The Kier molecular flexibility index (Phi) is 4.94. The smallest absolute Gasteiger partial charge is 0.315 e. The lowest BCUT2D eigenvalue weighted by atomic mass is 9.93.